The van der Waals surface area contributed by atoms with Crippen LogP contribution < -0.4 is 10.5 Å². The SMILES string of the molecule is Cc1cc(C)c(OCCCCCO)c(N)c1. The Hall–Kier alpha value is -1.22. The Morgan fingerprint density at radius 1 is 1.19 bits per heavy atom. The fourth-order valence-electron chi connectivity index (χ4n) is 1.75. The van der Waals surface area contributed by atoms with Crippen LogP contribution in [0.25, 0.3) is 0 Å². The third-order valence-electron chi connectivity index (χ3n) is 2.50. The van der Waals surface area contributed by atoms with E-state index in [2.05, 4.69) is 6.07 Å². The van der Waals surface area contributed by atoms with Crippen LogP contribution in [0.1, 0.15) is 30.4 Å². The molecule has 0 heterocycles. The van der Waals surface area contributed by atoms with Gasteiger partial charge in [-0.25, -0.2) is 0 Å². The molecule has 0 saturated heterocycles. The van der Waals surface area contributed by atoms with E-state index in [4.69, 9.17) is 15.6 Å². The summed E-state index contributed by atoms with van der Waals surface area (Å²) in [5.41, 5.74) is 8.84. The third kappa shape index (κ3) is 3.74. The van der Waals surface area contributed by atoms with Crippen LogP contribution in [0.4, 0.5) is 5.69 Å². The Morgan fingerprint density at radius 3 is 2.56 bits per heavy atom. The highest BCUT2D eigenvalue weighted by Gasteiger charge is 2.05. The number of anilines is 1. The molecule has 1 aromatic rings. The Labute approximate surface area is 97.2 Å². The first-order chi connectivity index (χ1) is 7.65. The molecule has 0 aliphatic rings. The number of hydrogen-bond acceptors (Lipinski definition) is 3. The molecular weight excluding hydrogens is 202 g/mol. The molecule has 0 radical (unpaired) electrons. The molecule has 3 heteroatoms. The Morgan fingerprint density at radius 2 is 1.94 bits per heavy atom. The van der Waals surface area contributed by atoms with E-state index in [1.54, 1.807) is 0 Å². The van der Waals surface area contributed by atoms with E-state index in [-0.39, 0.29) is 6.61 Å². The average Bonchev–Trinajstić information content (AvgIpc) is 2.20. The second kappa shape index (κ2) is 6.38. The van der Waals surface area contributed by atoms with E-state index >= 15 is 0 Å². The molecule has 0 aliphatic heterocycles. The maximum atomic E-state index is 8.64. The fraction of sp³-hybridized carbons (Fsp3) is 0.538. The van der Waals surface area contributed by atoms with Gasteiger partial charge in [0.1, 0.15) is 5.75 Å². The largest absolute Gasteiger partial charge is 0.491 e. The highest BCUT2D eigenvalue weighted by molar-refractivity contribution is 5.58. The van der Waals surface area contributed by atoms with Crippen molar-refractivity contribution >= 4 is 5.69 Å². The van der Waals surface area contributed by atoms with Crippen LogP contribution in [0.2, 0.25) is 0 Å². The molecule has 0 amide bonds. The summed E-state index contributed by atoms with van der Waals surface area (Å²) in [5, 5.41) is 8.64. The van der Waals surface area contributed by atoms with Crippen molar-refractivity contribution in [1.29, 1.82) is 0 Å². The number of aryl methyl sites for hydroxylation is 2. The summed E-state index contributed by atoms with van der Waals surface area (Å²) in [5.74, 6) is 0.801. The predicted molar refractivity (Wildman–Crippen MR) is 66.8 cm³/mol. The van der Waals surface area contributed by atoms with Gasteiger partial charge in [-0.3, -0.25) is 0 Å². The standard InChI is InChI=1S/C13H21NO2/c1-10-8-11(2)13(12(14)9-10)16-7-5-3-4-6-15/h8-9,15H,3-7,14H2,1-2H3. The number of rotatable bonds is 6. The zero-order chi connectivity index (χ0) is 12.0. The van der Waals surface area contributed by atoms with Crippen molar-refractivity contribution in [3.05, 3.63) is 23.3 Å². The van der Waals surface area contributed by atoms with E-state index in [1.165, 1.54) is 0 Å². The lowest BCUT2D eigenvalue weighted by atomic mass is 10.1. The van der Waals surface area contributed by atoms with Crippen LogP contribution in [-0.2, 0) is 0 Å². The maximum Gasteiger partial charge on any atom is 0.145 e. The second-order valence-corrected chi connectivity index (χ2v) is 4.13. The zero-order valence-corrected chi connectivity index (χ0v) is 10.1. The smallest absolute Gasteiger partial charge is 0.145 e. The number of nitrogens with two attached hydrogens (primary N) is 1. The minimum absolute atomic E-state index is 0.256. The highest BCUT2D eigenvalue weighted by Crippen LogP contribution is 2.27. The van der Waals surface area contributed by atoms with Crippen molar-refractivity contribution in [1.82, 2.24) is 0 Å². The summed E-state index contributed by atoms with van der Waals surface area (Å²) >= 11 is 0. The molecule has 0 aromatic heterocycles. The number of aliphatic hydroxyl groups excluding tert-OH is 1. The van der Waals surface area contributed by atoms with Crippen LogP contribution in [0.15, 0.2) is 12.1 Å². The predicted octanol–water partition coefficient (Wildman–Crippen LogP) is 2.43. The summed E-state index contributed by atoms with van der Waals surface area (Å²) in [6, 6.07) is 4.00. The molecular formula is C13H21NO2. The van der Waals surface area contributed by atoms with Crippen molar-refractivity contribution in [2.45, 2.75) is 33.1 Å². The lowest BCUT2D eigenvalue weighted by Gasteiger charge is -2.12. The molecule has 0 saturated carbocycles. The average molecular weight is 223 g/mol. The van der Waals surface area contributed by atoms with Gasteiger partial charge < -0.3 is 15.6 Å². The Balaban J connectivity index is 2.47. The maximum absolute atomic E-state index is 8.64. The highest BCUT2D eigenvalue weighted by atomic mass is 16.5. The molecule has 0 atom stereocenters. The second-order valence-electron chi connectivity index (χ2n) is 4.13. The minimum Gasteiger partial charge on any atom is -0.491 e. The summed E-state index contributed by atoms with van der Waals surface area (Å²) in [6.45, 7) is 4.95. The van der Waals surface area contributed by atoms with E-state index in [9.17, 15) is 0 Å². The number of ether oxygens (including phenoxy) is 1. The lowest BCUT2D eigenvalue weighted by molar-refractivity contribution is 0.266. The third-order valence-corrected chi connectivity index (χ3v) is 2.50. The van der Waals surface area contributed by atoms with E-state index < -0.39 is 0 Å². The van der Waals surface area contributed by atoms with Gasteiger partial charge >= 0.3 is 0 Å². The molecule has 0 bridgehead atoms. The molecule has 90 valence electrons. The molecule has 1 rings (SSSR count). The summed E-state index contributed by atoms with van der Waals surface area (Å²) in [4.78, 5) is 0. The number of benzene rings is 1. The lowest BCUT2D eigenvalue weighted by Crippen LogP contribution is -2.03. The van der Waals surface area contributed by atoms with Crippen LogP contribution in [0.3, 0.4) is 0 Å². The van der Waals surface area contributed by atoms with Gasteiger partial charge in [-0.2, -0.15) is 0 Å². The van der Waals surface area contributed by atoms with Gasteiger partial charge in [-0.1, -0.05) is 6.07 Å². The van der Waals surface area contributed by atoms with Gasteiger partial charge in [0, 0.05) is 6.61 Å². The summed E-state index contributed by atoms with van der Waals surface area (Å²) < 4.78 is 5.66. The van der Waals surface area contributed by atoms with Crippen molar-refractivity contribution < 1.29 is 9.84 Å². The van der Waals surface area contributed by atoms with Crippen LogP contribution in [0.5, 0.6) is 5.75 Å². The first-order valence-corrected chi connectivity index (χ1v) is 5.75. The van der Waals surface area contributed by atoms with Gasteiger partial charge in [-0.05, 0) is 50.3 Å². The summed E-state index contributed by atoms with van der Waals surface area (Å²) in [7, 11) is 0. The normalized spacial score (nSPS) is 10.4. The molecule has 0 aliphatic carbocycles. The Kier molecular flexibility index (Phi) is 5.12. The van der Waals surface area contributed by atoms with Gasteiger partial charge in [0.05, 0.1) is 12.3 Å². The molecule has 0 unspecified atom stereocenters. The van der Waals surface area contributed by atoms with E-state index in [0.29, 0.717) is 12.3 Å². The fourth-order valence-corrected chi connectivity index (χ4v) is 1.75. The summed E-state index contributed by atoms with van der Waals surface area (Å²) in [6.07, 6.45) is 2.78. The van der Waals surface area contributed by atoms with Crippen molar-refractivity contribution in [3.63, 3.8) is 0 Å². The molecule has 3 N–H and O–H groups in total. The number of unbranched alkanes of at least 4 members (excludes halogenated alkanes) is 2. The monoisotopic (exact) mass is 223 g/mol. The zero-order valence-electron chi connectivity index (χ0n) is 10.1. The van der Waals surface area contributed by atoms with Crippen molar-refractivity contribution in [2.75, 3.05) is 18.9 Å². The van der Waals surface area contributed by atoms with Crippen LogP contribution >= 0.6 is 0 Å². The van der Waals surface area contributed by atoms with Gasteiger partial charge in [0.15, 0.2) is 0 Å². The van der Waals surface area contributed by atoms with Gasteiger partial charge in [0.25, 0.3) is 0 Å². The molecule has 0 fully saturated rings. The van der Waals surface area contributed by atoms with Crippen molar-refractivity contribution in [2.24, 2.45) is 0 Å². The number of aliphatic hydroxyl groups is 1. The molecule has 3 nitrogen and oxygen atoms in total. The topological polar surface area (TPSA) is 55.5 Å². The van der Waals surface area contributed by atoms with Crippen molar-refractivity contribution in [3.8, 4) is 5.75 Å². The Bertz CT molecular complexity index is 314. The molecule has 1 aromatic carbocycles. The first-order valence-electron chi connectivity index (χ1n) is 5.75. The van der Waals surface area contributed by atoms with Gasteiger partial charge in [-0.15, -0.1) is 0 Å². The van der Waals surface area contributed by atoms with Gasteiger partial charge in [0.2, 0.25) is 0 Å². The van der Waals surface area contributed by atoms with Crippen LogP contribution in [-0.4, -0.2) is 18.3 Å². The molecule has 0 spiro atoms. The minimum atomic E-state index is 0.256. The quantitative estimate of drug-likeness (QED) is 0.575. The first kappa shape index (κ1) is 12.8. The van der Waals surface area contributed by atoms with E-state index in [0.717, 1.165) is 36.1 Å². The number of nitrogen functional groups attached to an aromatic ring is 1. The van der Waals surface area contributed by atoms with Crippen LogP contribution in [0, 0.1) is 13.8 Å². The van der Waals surface area contributed by atoms with E-state index in [1.807, 2.05) is 19.9 Å². The number of hydrogen-bond donors (Lipinski definition) is 2. The molecule has 16 heavy (non-hydrogen) atoms.